The summed E-state index contributed by atoms with van der Waals surface area (Å²) in [4.78, 5) is 22.6. The molecule has 0 N–H and O–H groups in total. The zero-order chi connectivity index (χ0) is 16.8. The van der Waals surface area contributed by atoms with Crippen LogP contribution >= 0.6 is 0 Å². The van der Waals surface area contributed by atoms with Crippen LogP contribution in [0, 0.1) is 10.1 Å². The molecule has 0 aliphatic carbocycles. The van der Waals surface area contributed by atoms with Crippen LogP contribution in [0.25, 0.3) is 0 Å². The summed E-state index contributed by atoms with van der Waals surface area (Å²) in [6, 6.07) is 13.6. The Morgan fingerprint density at radius 1 is 1.00 bits per heavy atom. The van der Waals surface area contributed by atoms with Gasteiger partial charge in [0.25, 0.3) is 5.69 Å². The van der Waals surface area contributed by atoms with Crippen molar-refractivity contribution < 1.29 is 21.4 Å². The summed E-state index contributed by atoms with van der Waals surface area (Å²) in [5.74, 6) is 0. The summed E-state index contributed by atoms with van der Waals surface area (Å²) in [7, 11) is 0. The monoisotopic (exact) mass is 377 g/mol. The molecule has 0 fully saturated rings. The number of nitrogens with zero attached hydrogens (tertiary/aromatic N) is 6. The summed E-state index contributed by atoms with van der Waals surface area (Å²) < 4.78 is 0. The molecular formula is C16H11N6NiO2-. The van der Waals surface area contributed by atoms with Crippen LogP contribution in [0.2, 0.25) is 0 Å². The smallest absolute Gasteiger partial charge is 0.265 e. The summed E-state index contributed by atoms with van der Waals surface area (Å²) in [5.41, 5.74) is 1.86. The van der Waals surface area contributed by atoms with E-state index >= 15 is 0 Å². The Bertz CT molecular complexity index is 880. The zero-order valence-electron chi connectivity index (χ0n) is 12.7. The molecule has 0 saturated carbocycles. The topological polar surface area (TPSA) is 108 Å². The van der Waals surface area contributed by atoms with Gasteiger partial charge >= 0.3 is 0 Å². The average Bonchev–Trinajstić information content (AvgIpc) is 2.64. The third-order valence-electron chi connectivity index (χ3n) is 3.01. The molecule has 0 bridgehead atoms. The van der Waals surface area contributed by atoms with Gasteiger partial charge in [-0.25, -0.2) is 0 Å². The maximum Gasteiger partial charge on any atom is 0.265 e. The molecule has 128 valence electrons. The molecule has 0 saturated heterocycles. The molecule has 0 unspecified atom stereocenters. The van der Waals surface area contributed by atoms with Crippen molar-refractivity contribution in [3.63, 3.8) is 0 Å². The molecule has 0 spiro atoms. The van der Waals surface area contributed by atoms with Crippen LogP contribution in [0.5, 0.6) is 0 Å². The van der Waals surface area contributed by atoms with Gasteiger partial charge in [0.15, 0.2) is 0 Å². The first-order valence-electron chi connectivity index (χ1n) is 6.96. The molecule has 3 aromatic rings. The Morgan fingerprint density at radius 3 is 2.08 bits per heavy atom. The van der Waals surface area contributed by atoms with E-state index < -0.39 is 4.92 Å². The molecule has 0 radical (unpaired) electrons. The van der Waals surface area contributed by atoms with E-state index in [1.807, 2.05) is 12.1 Å². The Kier molecular flexibility index (Phi) is 6.25. The summed E-state index contributed by atoms with van der Waals surface area (Å²) in [6.45, 7) is 0. The molecule has 8 nitrogen and oxygen atoms in total. The second-order valence-corrected chi connectivity index (χ2v) is 4.61. The van der Waals surface area contributed by atoms with Gasteiger partial charge in [-0.1, -0.05) is 18.2 Å². The van der Waals surface area contributed by atoms with Gasteiger partial charge in [-0.3, -0.25) is 25.2 Å². The number of hydrogen-bond donors (Lipinski definition) is 0. The summed E-state index contributed by atoms with van der Waals surface area (Å²) >= 11 is 0. The molecule has 0 aliphatic rings. The first-order valence-corrected chi connectivity index (χ1v) is 6.96. The molecular weight excluding hydrogens is 367 g/mol. The third-order valence-corrected chi connectivity index (χ3v) is 3.01. The maximum absolute atomic E-state index is 10.6. The van der Waals surface area contributed by atoms with E-state index in [1.165, 1.54) is 12.1 Å². The quantitative estimate of drug-likeness (QED) is 0.297. The first kappa shape index (κ1) is 18.2. The van der Waals surface area contributed by atoms with E-state index in [2.05, 4.69) is 25.2 Å². The van der Waals surface area contributed by atoms with Crippen LogP contribution in [0.15, 0.2) is 77.3 Å². The van der Waals surface area contributed by atoms with Crippen molar-refractivity contribution in [3.8, 4) is 0 Å². The molecule has 3 rings (SSSR count). The van der Waals surface area contributed by atoms with Gasteiger partial charge in [0.1, 0.15) is 5.71 Å². The summed E-state index contributed by atoms with van der Waals surface area (Å²) in [5, 5.41) is 18.9. The van der Waals surface area contributed by atoms with Crippen molar-refractivity contribution >= 4 is 11.4 Å². The number of nitro groups is 1. The van der Waals surface area contributed by atoms with Crippen LogP contribution in [-0.4, -0.2) is 20.6 Å². The van der Waals surface area contributed by atoms with Crippen molar-refractivity contribution in [1.82, 2.24) is 15.0 Å². The fraction of sp³-hybridized carbons (Fsp3) is 0. The maximum atomic E-state index is 10.6. The number of hydrogen-bond acceptors (Lipinski definition) is 6. The van der Waals surface area contributed by atoms with Crippen molar-refractivity contribution in [1.29, 1.82) is 0 Å². The predicted molar refractivity (Wildman–Crippen MR) is 86.1 cm³/mol. The minimum absolute atomic E-state index is 0. The van der Waals surface area contributed by atoms with Gasteiger partial charge in [0.2, 0.25) is 0 Å². The van der Waals surface area contributed by atoms with E-state index in [4.69, 9.17) is 0 Å². The minimum Gasteiger partial charge on any atom is -0.436 e. The van der Waals surface area contributed by atoms with E-state index in [1.54, 1.807) is 36.7 Å². The summed E-state index contributed by atoms with van der Waals surface area (Å²) in [6.07, 6.45) is 4.44. The molecule has 9 heteroatoms. The molecule has 3 heterocycles. The first-order chi connectivity index (χ1) is 11.7. The number of aromatic nitrogens is 3. The van der Waals surface area contributed by atoms with Crippen molar-refractivity contribution in [2.24, 2.45) is 10.2 Å². The van der Waals surface area contributed by atoms with E-state index in [0.29, 0.717) is 17.1 Å². The Labute approximate surface area is 152 Å². The molecule has 0 amide bonds. The van der Waals surface area contributed by atoms with E-state index in [0.717, 1.165) is 6.20 Å². The second kappa shape index (κ2) is 8.61. The number of rotatable bonds is 4. The molecule has 0 aromatic carbocycles. The van der Waals surface area contributed by atoms with Crippen LogP contribution in [0.1, 0.15) is 11.4 Å². The minimum atomic E-state index is -0.521. The molecule has 25 heavy (non-hydrogen) atoms. The molecule has 0 atom stereocenters. The standard InChI is InChI=1S/C16H11N6O2.Ni/c23-22(24)12-7-8-15(19-11-12)20-21-16(13-5-1-3-9-17-13)14-6-2-4-10-18-14;/h1-11H;/q-1;. The Balaban J connectivity index is 0.00000225. The average molecular weight is 378 g/mol. The van der Waals surface area contributed by atoms with Gasteiger partial charge in [-0.05, 0) is 29.8 Å². The van der Waals surface area contributed by atoms with Crippen molar-refractivity contribution in [2.45, 2.75) is 0 Å². The van der Waals surface area contributed by atoms with Crippen molar-refractivity contribution in [2.75, 3.05) is 0 Å². The largest absolute Gasteiger partial charge is 0.436 e. The normalized spacial score (nSPS) is 10.6. The van der Waals surface area contributed by atoms with Gasteiger partial charge in [-0.2, -0.15) is 0 Å². The fourth-order valence-corrected chi connectivity index (χ4v) is 1.89. The van der Waals surface area contributed by atoms with Crippen LogP contribution in [0.4, 0.5) is 5.69 Å². The van der Waals surface area contributed by atoms with E-state index in [-0.39, 0.29) is 27.7 Å². The van der Waals surface area contributed by atoms with Gasteiger partial charge in [-0.15, -0.1) is 0 Å². The van der Waals surface area contributed by atoms with Crippen LogP contribution in [0.3, 0.4) is 0 Å². The molecule has 3 aromatic heterocycles. The van der Waals surface area contributed by atoms with Gasteiger partial charge in [0, 0.05) is 41.1 Å². The third kappa shape index (κ3) is 4.65. The van der Waals surface area contributed by atoms with Gasteiger partial charge in [0.05, 0.1) is 16.3 Å². The van der Waals surface area contributed by atoms with E-state index in [9.17, 15) is 10.1 Å². The fourth-order valence-electron chi connectivity index (χ4n) is 1.89. The number of pyridine rings is 3. The van der Waals surface area contributed by atoms with Crippen LogP contribution in [-0.2, 0) is 16.5 Å². The zero-order valence-corrected chi connectivity index (χ0v) is 13.7. The van der Waals surface area contributed by atoms with Gasteiger partial charge < -0.3 is 10.1 Å². The predicted octanol–water partition coefficient (Wildman–Crippen LogP) is 1.69. The Morgan fingerprint density at radius 2 is 1.64 bits per heavy atom. The van der Waals surface area contributed by atoms with Crippen molar-refractivity contribution in [3.05, 3.63) is 94.1 Å². The van der Waals surface area contributed by atoms with Crippen LogP contribution < -0.4 is 10.5 Å². The molecule has 0 aliphatic heterocycles. The SMILES string of the molecule is O=[N+]([O-])c1cc/c(=N/N=C(c2ccccn2)c2ccccn2)[n-]c1.[Ni]. The second-order valence-electron chi connectivity index (χ2n) is 4.61. The Hall–Kier alpha value is -3.19.